The van der Waals surface area contributed by atoms with Gasteiger partial charge >= 0.3 is 0 Å². The quantitative estimate of drug-likeness (QED) is 0.713. The topological polar surface area (TPSA) is 35.2 Å². The number of rotatable bonds is 5. The van der Waals surface area contributed by atoms with E-state index in [1.165, 1.54) is 19.3 Å². The van der Waals surface area contributed by atoms with Gasteiger partial charge in [0.1, 0.15) is 0 Å². The van der Waals surface area contributed by atoms with Crippen LogP contribution in [0.4, 0.5) is 0 Å². The van der Waals surface area contributed by atoms with Crippen LogP contribution >= 0.6 is 0 Å². The molecule has 0 aliphatic heterocycles. The molecule has 15 heavy (non-hydrogen) atoms. The summed E-state index contributed by atoms with van der Waals surface area (Å²) < 4.78 is 5.54. The van der Waals surface area contributed by atoms with Gasteiger partial charge in [0, 0.05) is 12.6 Å². The molecule has 1 aliphatic rings. The van der Waals surface area contributed by atoms with E-state index in [0.29, 0.717) is 5.92 Å². The Morgan fingerprint density at radius 3 is 2.33 bits per heavy atom. The maximum atomic E-state index is 6.19. The lowest BCUT2D eigenvalue weighted by atomic mass is 9.74. The van der Waals surface area contributed by atoms with Crippen LogP contribution in [0.2, 0.25) is 0 Å². The van der Waals surface area contributed by atoms with Crippen LogP contribution in [0, 0.1) is 17.8 Å². The lowest BCUT2D eigenvalue weighted by molar-refractivity contribution is 0.0845. The van der Waals surface area contributed by atoms with Crippen molar-refractivity contribution in [3.63, 3.8) is 0 Å². The largest absolute Gasteiger partial charge is 0.380 e. The van der Waals surface area contributed by atoms with Gasteiger partial charge < -0.3 is 10.5 Å². The van der Waals surface area contributed by atoms with Crippen molar-refractivity contribution in [1.29, 1.82) is 0 Å². The molecule has 1 rings (SSSR count). The van der Waals surface area contributed by atoms with E-state index < -0.39 is 0 Å². The van der Waals surface area contributed by atoms with E-state index in [9.17, 15) is 0 Å². The van der Waals surface area contributed by atoms with Crippen molar-refractivity contribution in [2.75, 3.05) is 13.2 Å². The van der Waals surface area contributed by atoms with Gasteiger partial charge in [-0.2, -0.15) is 0 Å². The third-order valence-electron chi connectivity index (χ3n) is 3.48. The number of hydrogen-bond acceptors (Lipinski definition) is 2. The Morgan fingerprint density at radius 2 is 1.80 bits per heavy atom. The Kier molecular flexibility index (Phi) is 5.62. The molecule has 2 heteroatoms. The summed E-state index contributed by atoms with van der Waals surface area (Å²) in [4.78, 5) is 0. The second-order valence-corrected chi connectivity index (χ2v) is 5.42. The van der Waals surface area contributed by atoms with Crippen LogP contribution < -0.4 is 5.73 Å². The maximum Gasteiger partial charge on any atom is 0.0620 e. The molecule has 2 N–H and O–H groups in total. The van der Waals surface area contributed by atoms with E-state index in [4.69, 9.17) is 10.5 Å². The molecule has 1 aliphatic carbocycles. The zero-order chi connectivity index (χ0) is 11.3. The molecule has 0 saturated heterocycles. The van der Waals surface area contributed by atoms with Gasteiger partial charge in [-0.3, -0.25) is 0 Å². The number of ether oxygens (including phenoxy) is 1. The fourth-order valence-electron chi connectivity index (χ4n) is 2.86. The van der Waals surface area contributed by atoms with Crippen LogP contribution in [0.25, 0.3) is 0 Å². The highest BCUT2D eigenvalue weighted by atomic mass is 16.5. The van der Waals surface area contributed by atoms with Crippen molar-refractivity contribution in [2.24, 2.45) is 23.5 Å². The minimum atomic E-state index is 0.252. The molecule has 2 nitrogen and oxygen atoms in total. The molecule has 3 atom stereocenters. The minimum Gasteiger partial charge on any atom is -0.380 e. The molecule has 0 heterocycles. The Labute approximate surface area is 94.6 Å². The zero-order valence-electron chi connectivity index (χ0n) is 10.5. The van der Waals surface area contributed by atoms with Gasteiger partial charge in [0.05, 0.1) is 6.61 Å². The fourth-order valence-corrected chi connectivity index (χ4v) is 2.86. The molecular weight excluding hydrogens is 186 g/mol. The van der Waals surface area contributed by atoms with Crippen LogP contribution in [0.3, 0.4) is 0 Å². The highest BCUT2D eigenvalue weighted by Crippen LogP contribution is 2.34. The smallest absolute Gasteiger partial charge is 0.0620 e. The Bertz CT molecular complexity index is 162. The molecule has 0 bridgehead atoms. The molecule has 90 valence electrons. The van der Waals surface area contributed by atoms with Crippen molar-refractivity contribution >= 4 is 0 Å². The summed E-state index contributed by atoms with van der Waals surface area (Å²) in [7, 11) is 0. The second kappa shape index (κ2) is 6.49. The van der Waals surface area contributed by atoms with Gasteiger partial charge in [-0.05, 0) is 43.4 Å². The van der Waals surface area contributed by atoms with Gasteiger partial charge in [0.2, 0.25) is 0 Å². The number of hydrogen-bond donors (Lipinski definition) is 1. The second-order valence-electron chi connectivity index (χ2n) is 5.42. The first-order chi connectivity index (χ1) is 7.13. The van der Waals surface area contributed by atoms with Crippen molar-refractivity contribution in [3.05, 3.63) is 0 Å². The van der Waals surface area contributed by atoms with Crippen LogP contribution in [0.15, 0.2) is 0 Å². The van der Waals surface area contributed by atoms with Crippen molar-refractivity contribution < 1.29 is 4.74 Å². The minimum absolute atomic E-state index is 0.252. The van der Waals surface area contributed by atoms with Crippen LogP contribution in [0.5, 0.6) is 0 Å². The highest BCUT2D eigenvalue weighted by molar-refractivity contribution is 4.81. The summed E-state index contributed by atoms with van der Waals surface area (Å²) in [6.07, 6.45) is 5.05. The summed E-state index contributed by atoms with van der Waals surface area (Å²) in [5, 5.41) is 0. The van der Waals surface area contributed by atoms with Crippen molar-refractivity contribution in [2.45, 2.75) is 52.5 Å². The van der Waals surface area contributed by atoms with Crippen LogP contribution in [0.1, 0.15) is 46.5 Å². The molecule has 1 saturated carbocycles. The average Bonchev–Trinajstić information content (AvgIpc) is 2.16. The summed E-state index contributed by atoms with van der Waals surface area (Å²) in [5.74, 6) is 2.37. The molecule has 0 aromatic rings. The monoisotopic (exact) mass is 213 g/mol. The van der Waals surface area contributed by atoms with E-state index in [2.05, 4.69) is 20.8 Å². The number of nitrogens with two attached hydrogens (primary N) is 1. The molecule has 0 amide bonds. The average molecular weight is 213 g/mol. The summed E-state index contributed by atoms with van der Waals surface area (Å²) in [6.45, 7) is 8.43. The zero-order valence-corrected chi connectivity index (χ0v) is 10.5. The third kappa shape index (κ3) is 4.52. The molecule has 0 radical (unpaired) electrons. The van der Waals surface area contributed by atoms with E-state index in [-0.39, 0.29) is 6.04 Å². The SMILES string of the molecule is CCCOCC(N)C1CC(C)CC(C)C1. The Morgan fingerprint density at radius 1 is 1.20 bits per heavy atom. The summed E-state index contributed by atoms with van der Waals surface area (Å²) >= 11 is 0. The Balaban J connectivity index is 2.28. The van der Waals surface area contributed by atoms with Gasteiger partial charge in [0.25, 0.3) is 0 Å². The van der Waals surface area contributed by atoms with Crippen LogP contribution in [-0.2, 0) is 4.74 Å². The first-order valence-electron chi connectivity index (χ1n) is 6.46. The molecule has 0 aromatic heterocycles. The standard InChI is InChI=1S/C13H27NO/c1-4-5-15-9-13(14)12-7-10(2)6-11(3)8-12/h10-13H,4-9,14H2,1-3H3. The molecular formula is C13H27NO. The predicted octanol–water partition coefficient (Wildman–Crippen LogP) is 2.81. The van der Waals surface area contributed by atoms with E-state index in [1.807, 2.05) is 0 Å². The summed E-state index contributed by atoms with van der Waals surface area (Å²) in [6, 6.07) is 0.252. The maximum absolute atomic E-state index is 6.19. The van der Waals surface area contributed by atoms with Gasteiger partial charge in [-0.15, -0.1) is 0 Å². The van der Waals surface area contributed by atoms with E-state index >= 15 is 0 Å². The molecule has 3 unspecified atom stereocenters. The predicted molar refractivity (Wildman–Crippen MR) is 64.8 cm³/mol. The molecule has 0 spiro atoms. The van der Waals surface area contributed by atoms with Crippen molar-refractivity contribution in [1.82, 2.24) is 0 Å². The van der Waals surface area contributed by atoms with Crippen LogP contribution in [-0.4, -0.2) is 19.3 Å². The van der Waals surface area contributed by atoms with Gasteiger partial charge in [-0.25, -0.2) is 0 Å². The van der Waals surface area contributed by atoms with Crippen molar-refractivity contribution in [3.8, 4) is 0 Å². The van der Waals surface area contributed by atoms with Gasteiger partial charge in [-0.1, -0.05) is 20.8 Å². The highest BCUT2D eigenvalue weighted by Gasteiger charge is 2.27. The normalized spacial score (nSPS) is 34.0. The Hall–Kier alpha value is -0.0800. The first-order valence-corrected chi connectivity index (χ1v) is 6.46. The fraction of sp³-hybridized carbons (Fsp3) is 1.00. The van der Waals surface area contributed by atoms with E-state index in [0.717, 1.165) is 31.5 Å². The lowest BCUT2D eigenvalue weighted by Crippen LogP contribution is -2.39. The lowest BCUT2D eigenvalue weighted by Gasteiger charge is -2.34. The summed E-state index contributed by atoms with van der Waals surface area (Å²) in [5.41, 5.74) is 6.19. The van der Waals surface area contributed by atoms with Gasteiger partial charge in [0.15, 0.2) is 0 Å². The molecule has 1 fully saturated rings. The molecule has 0 aromatic carbocycles. The first kappa shape index (κ1) is 13.0. The van der Waals surface area contributed by atoms with E-state index in [1.54, 1.807) is 0 Å². The third-order valence-corrected chi connectivity index (χ3v) is 3.48.